The zero-order valence-corrected chi connectivity index (χ0v) is 13.1. The number of thiophene rings is 2. The highest BCUT2D eigenvalue weighted by Crippen LogP contribution is 2.33. The maximum atomic E-state index is 6.27. The van der Waals surface area contributed by atoms with Crippen molar-refractivity contribution in [1.82, 2.24) is 9.55 Å². The first kappa shape index (κ1) is 13.5. The van der Waals surface area contributed by atoms with Crippen LogP contribution in [0.1, 0.15) is 23.4 Å². The van der Waals surface area contributed by atoms with Crippen LogP contribution in [-0.2, 0) is 0 Å². The van der Waals surface area contributed by atoms with E-state index in [0.29, 0.717) is 0 Å². The monoisotopic (exact) mass is 303 g/mol. The number of rotatable bonds is 4. The molecular weight excluding hydrogens is 286 g/mol. The Morgan fingerprint density at radius 2 is 2.10 bits per heavy atom. The van der Waals surface area contributed by atoms with E-state index in [4.69, 9.17) is 5.73 Å². The normalized spacial score (nSPS) is 14.3. The molecule has 2 atom stereocenters. The van der Waals surface area contributed by atoms with Crippen molar-refractivity contribution in [2.75, 3.05) is 0 Å². The van der Waals surface area contributed by atoms with E-state index in [-0.39, 0.29) is 12.1 Å². The van der Waals surface area contributed by atoms with Gasteiger partial charge in [0, 0.05) is 23.3 Å². The quantitative estimate of drug-likeness (QED) is 0.794. The Kier molecular flexibility index (Phi) is 3.74. The van der Waals surface area contributed by atoms with Crippen LogP contribution >= 0.6 is 22.7 Å². The fraction of sp³-hybridized carbons (Fsp3) is 0.267. The van der Waals surface area contributed by atoms with Gasteiger partial charge in [0.15, 0.2) is 5.82 Å². The van der Waals surface area contributed by atoms with Gasteiger partial charge in [-0.05, 0) is 42.3 Å². The van der Waals surface area contributed by atoms with Crippen LogP contribution in [0, 0.1) is 6.92 Å². The summed E-state index contributed by atoms with van der Waals surface area (Å²) in [6.07, 6.45) is 3.88. The second kappa shape index (κ2) is 5.52. The second-order valence-electron chi connectivity index (χ2n) is 4.91. The molecule has 0 spiro atoms. The Morgan fingerprint density at radius 3 is 2.70 bits per heavy atom. The van der Waals surface area contributed by atoms with Crippen molar-refractivity contribution >= 4 is 22.7 Å². The third-order valence-corrected chi connectivity index (χ3v) is 5.33. The number of aryl methyl sites for hydroxylation is 1. The lowest BCUT2D eigenvalue weighted by molar-refractivity contribution is 0.506. The molecule has 0 amide bonds. The summed E-state index contributed by atoms with van der Waals surface area (Å²) in [5.41, 5.74) is 7.57. The SMILES string of the molecule is Cc1ccsc1C(C(C)N)n1ccnc1-c1cccs1. The van der Waals surface area contributed by atoms with E-state index >= 15 is 0 Å². The fourth-order valence-corrected chi connectivity index (χ4v) is 4.30. The summed E-state index contributed by atoms with van der Waals surface area (Å²) in [6.45, 7) is 4.20. The Bertz CT molecular complexity index is 680. The summed E-state index contributed by atoms with van der Waals surface area (Å²) < 4.78 is 2.20. The highest BCUT2D eigenvalue weighted by atomic mass is 32.1. The molecule has 0 aliphatic rings. The fourth-order valence-electron chi connectivity index (χ4n) is 2.44. The lowest BCUT2D eigenvalue weighted by Gasteiger charge is -2.24. The van der Waals surface area contributed by atoms with E-state index in [1.165, 1.54) is 15.3 Å². The molecule has 2 unspecified atom stereocenters. The summed E-state index contributed by atoms with van der Waals surface area (Å²) in [7, 11) is 0. The zero-order valence-electron chi connectivity index (χ0n) is 11.5. The maximum absolute atomic E-state index is 6.27. The number of hydrogen-bond donors (Lipinski definition) is 1. The third-order valence-electron chi connectivity index (χ3n) is 3.38. The molecule has 3 nitrogen and oxygen atoms in total. The van der Waals surface area contributed by atoms with Crippen LogP contribution in [0.3, 0.4) is 0 Å². The maximum Gasteiger partial charge on any atom is 0.150 e. The van der Waals surface area contributed by atoms with Crippen molar-refractivity contribution < 1.29 is 0 Å². The molecule has 104 valence electrons. The number of aromatic nitrogens is 2. The number of nitrogens with zero attached hydrogens (tertiary/aromatic N) is 2. The van der Waals surface area contributed by atoms with E-state index in [9.17, 15) is 0 Å². The summed E-state index contributed by atoms with van der Waals surface area (Å²) in [4.78, 5) is 7.02. The highest BCUT2D eigenvalue weighted by Gasteiger charge is 2.24. The molecule has 3 rings (SSSR count). The van der Waals surface area contributed by atoms with E-state index in [0.717, 1.165) is 5.82 Å². The van der Waals surface area contributed by atoms with Crippen LogP contribution in [0.25, 0.3) is 10.7 Å². The van der Waals surface area contributed by atoms with Crippen LogP contribution in [-0.4, -0.2) is 15.6 Å². The van der Waals surface area contributed by atoms with Crippen molar-refractivity contribution in [3.05, 3.63) is 51.8 Å². The smallest absolute Gasteiger partial charge is 0.150 e. The number of nitrogens with two attached hydrogens (primary N) is 1. The average molecular weight is 303 g/mol. The van der Waals surface area contributed by atoms with E-state index < -0.39 is 0 Å². The molecule has 0 aliphatic carbocycles. The van der Waals surface area contributed by atoms with E-state index in [1.807, 2.05) is 12.4 Å². The van der Waals surface area contributed by atoms with Crippen LogP contribution in [0.15, 0.2) is 41.4 Å². The minimum atomic E-state index is 0.0280. The van der Waals surface area contributed by atoms with Crippen LogP contribution < -0.4 is 5.73 Å². The van der Waals surface area contributed by atoms with Crippen molar-refractivity contribution in [2.24, 2.45) is 5.73 Å². The van der Waals surface area contributed by atoms with Crippen LogP contribution in [0.4, 0.5) is 0 Å². The highest BCUT2D eigenvalue weighted by molar-refractivity contribution is 7.13. The van der Waals surface area contributed by atoms with Gasteiger partial charge in [-0.3, -0.25) is 0 Å². The van der Waals surface area contributed by atoms with Gasteiger partial charge in [-0.25, -0.2) is 4.98 Å². The molecule has 0 saturated carbocycles. The predicted octanol–water partition coefficient (Wildman–Crippen LogP) is 3.92. The van der Waals surface area contributed by atoms with Crippen LogP contribution in [0.2, 0.25) is 0 Å². The Balaban J connectivity index is 2.10. The van der Waals surface area contributed by atoms with Crippen molar-refractivity contribution in [3.63, 3.8) is 0 Å². The van der Waals surface area contributed by atoms with Crippen molar-refractivity contribution in [3.8, 4) is 10.7 Å². The van der Waals surface area contributed by atoms with Gasteiger partial charge in [-0.1, -0.05) is 6.07 Å². The van der Waals surface area contributed by atoms with E-state index in [2.05, 4.69) is 52.4 Å². The molecule has 0 radical (unpaired) electrons. The minimum absolute atomic E-state index is 0.0280. The lowest BCUT2D eigenvalue weighted by atomic mass is 10.1. The molecule has 20 heavy (non-hydrogen) atoms. The molecule has 3 aromatic heterocycles. The third kappa shape index (κ3) is 2.32. The molecule has 0 bridgehead atoms. The standard InChI is InChI=1S/C15H17N3S2/c1-10-5-9-20-14(10)13(11(2)16)18-7-6-17-15(18)12-4-3-8-19-12/h3-9,11,13H,16H2,1-2H3. The summed E-state index contributed by atoms with van der Waals surface area (Å²) >= 11 is 3.47. The first-order valence-electron chi connectivity index (χ1n) is 6.54. The minimum Gasteiger partial charge on any atom is -0.326 e. The van der Waals surface area contributed by atoms with Gasteiger partial charge in [0.2, 0.25) is 0 Å². The van der Waals surface area contributed by atoms with Crippen molar-refractivity contribution in [1.29, 1.82) is 0 Å². The zero-order chi connectivity index (χ0) is 14.1. The molecule has 0 saturated heterocycles. The first-order chi connectivity index (χ1) is 9.68. The second-order valence-corrected chi connectivity index (χ2v) is 6.80. The molecule has 0 aliphatic heterocycles. The van der Waals surface area contributed by atoms with Gasteiger partial charge < -0.3 is 10.3 Å². The number of hydrogen-bond acceptors (Lipinski definition) is 4. The summed E-state index contributed by atoms with van der Waals surface area (Å²) in [5.74, 6) is 0.995. The van der Waals surface area contributed by atoms with E-state index in [1.54, 1.807) is 22.7 Å². The molecule has 2 N–H and O–H groups in total. The average Bonchev–Trinajstić information content (AvgIpc) is 3.11. The van der Waals surface area contributed by atoms with Gasteiger partial charge in [0.05, 0.1) is 10.9 Å². The van der Waals surface area contributed by atoms with Gasteiger partial charge in [0.25, 0.3) is 0 Å². The van der Waals surface area contributed by atoms with Gasteiger partial charge in [-0.15, -0.1) is 22.7 Å². The van der Waals surface area contributed by atoms with Gasteiger partial charge in [-0.2, -0.15) is 0 Å². The summed E-state index contributed by atoms with van der Waals surface area (Å²) in [6, 6.07) is 6.46. The van der Waals surface area contributed by atoms with Crippen molar-refractivity contribution in [2.45, 2.75) is 25.9 Å². The molecule has 0 aromatic carbocycles. The topological polar surface area (TPSA) is 43.8 Å². The molecular formula is C15H17N3S2. The van der Waals surface area contributed by atoms with Crippen LogP contribution in [0.5, 0.6) is 0 Å². The Hall–Kier alpha value is -1.43. The molecule has 0 fully saturated rings. The molecule has 3 heterocycles. The Morgan fingerprint density at radius 1 is 1.25 bits per heavy atom. The van der Waals surface area contributed by atoms with Gasteiger partial charge in [0.1, 0.15) is 0 Å². The van der Waals surface area contributed by atoms with Gasteiger partial charge >= 0.3 is 0 Å². The number of imidazole rings is 1. The first-order valence-corrected chi connectivity index (χ1v) is 8.30. The predicted molar refractivity (Wildman–Crippen MR) is 86.4 cm³/mol. The largest absolute Gasteiger partial charge is 0.326 e. The molecule has 5 heteroatoms. The molecule has 3 aromatic rings. The lowest BCUT2D eigenvalue weighted by Crippen LogP contribution is -2.30. The summed E-state index contributed by atoms with van der Waals surface area (Å²) in [5, 5.41) is 4.20. The Labute approximate surface area is 126 Å².